The second-order valence-electron chi connectivity index (χ2n) is 3.45. The van der Waals surface area contributed by atoms with E-state index >= 15 is 0 Å². The van der Waals surface area contributed by atoms with Gasteiger partial charge >= 0.3 is 5.97 Å². The van der Waals surface area contributed by atoms with E-state index in [2.05, 4.69) is 10.1 Å². The first-order valence-corrected chi connectivity index (χ1v) is 5.08. The minimum Gasteiger partial charge on any atom is -0.478 e. The number of nitrogens with zero attached hydrogens (tertiary/aromatic N) is 3. The first-order chi connectivity index (χ1) is 7.99. The highest BCUT2D eigenvalue weighted by Crippen LogP contribution is 2.19. The number of carboxylic acid groups (broad SMARTS) is 1. The standard InChI is InChI=1S/C10H9ClN4O2/c1-5-7(11)4-15(14-5)9-8(12)2-6(3-13-9)10(16)17/h2-4H,12H2,1H3,(H,16,17). The second-order valence-corrected chi connectivity index (χ2v) is 3.86. The first-order valence-electron chi connectivity index (χ1n) is 4.70. The molecule has 0 aliphatic heterocycles. The van der Waals surface area contributed by atoms with Crippen LogP contribution in [0.1, 0.15) is 16.1 Å². The van der Waals surface area contributed by atoms with E-state index in [-0.39, 0.29) is 11.3 Å². The van der Waals surface area contributed by atoms with Crippen molar-refractivity contribution in [3.8, 4) is 5.82 Å². The van der Waals surface area contributed by atoms with E-state index in [0.717, 1.165) is 0 Å². The van der Waals surface area contributed by atoms with E-state index < -0.39 is 5.97 Å². The molecule has 7 heteroatoms. The molecule has 2 aromatic rings. The molecule has 0 aliphatic carbocycles. The summed E-state index contributed by atoms with van der Waals surface area (Å²) in [7, 11) is 0. The third-order valence-corrected chi connectivity index (χ3v) is 2.57. The van der Waals surface area contributed by atoms with Crippen molar-refractivity contribution in [1.82, 2.24) is 14.8 Å². The minimum absolute atomic E-state index is 0.0289. The lowest BCUT2D eigenvalue weighted by Gasteiger charge is -2.04. The van der Waals surface area contributed by atoms with Crippen LogP contribution in [0.3, 0.4) is 0 Å². The van der Waals surface area contributed by atoms with Gasteiger partial charge in [0.05, 0.1) is 28.2 Å². The molecule has 0 unspecified atom stereocenters. The molecule has 0 radical (unpaired) electrons. The number of hydrogen-bond donors (Lipinski definition) is 2. The number of aryl methyl sites for hydroxylation is 1. The average molecular weight is 253 g/mol. The number of nitrogens with two attached hydrogens (primary N) is 1. The largest absolute Gasteiger partial charge is 0.478 e. The number of nitrogen functional groups attached to an aromatic ring is 1. The Kier molecular flexibility index (Phi) is 2.72. The van der Waals surface area contributed by atoms with Crippen LogP contribution >= 0.6 is 11.6 Å². The third-order valence-electron chi connectivity index (χ3n) is 2.20. The molecule has 2 aromatic heterocycles. The van der Waals surface area contributed by atoms with Gasteiger partial charge in [-0.15, -0.1) is 0 Å². The van der Waals surface area contributed by atoms with Crippen LogP contribution in [0.5, 0.6) is 0 Å². The maximum absolute atomic E-state index is 10.7. The normalized spacial score (nSPS) is 10.5. The highest BCUT2D eigenvalue weighted by molar-refractivity contribution is 6.31. The lowest BCUT2D eigenvalue weighted by atomic mass is 10.2. The van der Waals surface area contributed by atoms with Gasteiger partial charge in [-0.05, 0) is 13.0 Å². The number of rotatable bonds is 2. The number of aromatic carboxylic acids is 1. The predicted molar refractivity (Wildman–Crippen MR) is 62.5 cm³/mol. The Hall–Kier alpha value is -2.08. The molecule has 0 spiro atoms. The number of anilines is 1. The summed E-state index contributed by atoms with van der Waals surface area (Å²) in [5.74, 6) is -0.726. The summed E-state index contributed by atoms with van der Waals surface area (Å²) in [5, 5.41) is 13.4. The molecule has 2 rings (SSSR count). The summed E-state index contributed by atoms with van der Waals surface area (Å²) in [6.07, 6.45) is 2.79. The molecule has 88 valence electrons. The van der Waals surface area contributed by atoms with Gasteiger partial charge in [-0.3, -0.25) is 0 Å². The molecule has 0 bridgehead atoms. The predicted octanol–water partition coefficient (Wildman–Crippen LogP) is 1.51. The summed E-state index contributed by atoms with van der Waals surface area (Å²) < 4.78 is 1.42. The fourth-order valence-corrected chi connectivity index (χ4v) is 1.46. The monoisotopic (exact) mass is 252 g/mol. The van der Waals surface area contributed by atoms with E-state index in [0.29, 0.717) is 16.5 Å². The Morgan fingerprint density at radius 2 is 2.29 bits per heavy atom. The highest BCUT2D eigenvalue weighted by atomic mass is 35.5. The molecule has 6 nitrogen and oxygen atoms in total. The fraction of sp³-hybridized carbons (Fsp3) is 0.100. The van der Waals surface area contributed by atoms with Crippen molar-refractivity contribution >= 4 is 23.3 Å². The van der Waals surface area contributed by atoms with Gasteiger partial charge in [-0.2, -0.15) is 5.10 Å². The second kappa shape index (κ2) is 4.06. The van der Waals surface area contributed by atoms with Crippen LogP contribution in [0, 0.1) is 6.92 Å². The Morgan fingerprint density at radius 1 is 1.59 bits per heavy atom. The molecule has 2 heterocycles. The number of hydrogen-bond acceptors (Lipinski definition) is 4. The Labute approximate surface area is 102 Å². The molecule has 0 saturated heterocycles. The summed E-state index contributed by atoms with van der Waals surface area (Å²) in [6.45, 7) is 1.75. The van der Waals surface area contributed by atoms with Crippen LogP contribution in [0.25, 0.3) is 5.82 Å². The molecule has 17 heavy (non-hydrogen) atoms. The molecular weight excluding hydrogens is 244 g/mol. The van der Waals surface area contributed by atoms with Crippen LogP contribution in [0.4, 0.5) is 5.69 Å². The Bertz CT molecular complexity index is 574. The molecule has 3 N–H and O–H groups in total. The first kappa shape index (κ1) is 11.4. The van der Waals surface area contributed by atoms with Crippen LogP contribution in [-0.4, -0.2) is 25.8 Å². The van der Waals surface area contributed by atoms with Gasteiger partial charge in [0.15, 0.2) is 5.82 Å². The maximum Gasteiger partial charge on any atom is 0.337 e. The minimum atomic E-state index is -1.08. The molecule has 0 amide bonds. The van der Waals surface area contributed by atoms with Gasteiger partial charge in [0.2, 0.25) is 0 Å². The van der Waals surface area contributed by atoms with Crippen LogP contribution in [0.15, 0.2) is 18.5 Å². The SMILES string of the molecule is Cc1nn(-c2ncc(C(=O)O)cc2N)cc1Cl. The van der Waals surface area contributed by atoms with Crippen molar-refractivity contribution in [3.63, 3.8) is 0 Å². The summed E-state index contributed by atoms with van der Waals surface area (Å²) in [6, 6.07) is 1.33. The molecule has 0 fully saturated rings. The van der Waals surface area contributed by atoms with Gasteiger partial charge in [-0.1, -0.05) is 11.6 Å². The van der Waals surface area contributed by atoms with Crippen molar-refractivity contribution < 1.29 is 9.90 Å². The molecule has 0 aliphatic rings. The van der Waals surface area contributed by atoms with Crippen molar-refractivity contribution in [2.75, 3.05) is 5.73 Å². The smallest absolute Gasteiger partial charge is 0.337 e. The van der Waals surface area contributed by atoms with Crippen molar-refractivity contribution in [2.45, 2.75) is 6.92 Å². The molecule has 0 aromatic carbocycles. The number of halogens is 1. The molecular formula is C10H9ClN4O2. The fourth-order valence-electron chi connectivity index (χ4n) is 1.33. The Balaban J connectivity index is 2.50. The van der Waals surface area contributed by atoms with Gasteiger partial charge < -0.3 is 10.8 Å². The third kappa shape index (κ3) is 2.07. The van der Waals surface area contributed by atoms with Crippen LogP contribution in [-0.2, 0) is 0 Å². The maximum atomic E-state index is 10.7. The number of pyridine rings is 1. The quantitative estimate of drug-likeness (QED) is 0.845. The Morgan fingerprint density at radius 3 is 2.76 bits per heavy atom. The zero-order chi connectivity index (χ0) is 12.6. The van der Waals surface area contributed by atoms with E-state index in [1.54, 1.807) is 13.1 Å². The van der Waals surface area contributed by atoms with E-state index in [1.807, 2.05) is 0 Å². The zero-order valence-corrected chi connectivity index (χ0v) is 9.64. The lowest BCUT2D eigenvalue weighted by molar-refractivity contribution is 0.0696. The summed E-state index contributed by atoms with van der Waals surface area (Å²) >= 11 is 5.87. The van der Waals surface area contributed by atoms with Crippen molar-refractivity contribution in [3.05, 3.63) is 34.7 Å². The molecule has 0 atom stereocenters. The lowest BCUT2D eigenvalue weighted by Crippen LogP contribution is -2.06. The van der Waals surface area contributed by atoms with Gasteiger partial charge in [0, 0.05) is 6.20 Å². The number of carbonyl (C=O) groups is 1. The average Bonchev–Trinajstić information content (AvgIpc) is 2.58. The number of aromatic nitrogens is 3. The van der Waals surface area contributed by atoms with Crippen molar-refractivity contribution in [1.29, 1.82) is 0 Å². The van der Waals surface area contributed by atoms with Gasteiger partial charge in [-0.25, -0.2) is 14.5 Å². The van der Waals surface area contributed by atoms with Crippen LogP contribution in [0.2, 0.25) is 5.02 Å². The van der Waals surface area contributed by atoms with Gasteiger partial charge in [0.1, 0.15) is 0 Å². The van der Waals surface area contributed by atoms with E-state index in [9.17, 15) is 4.79 Å². The highest BCUT2D eigenvalue weighted by Gasteiger charge is 2.11. The van der Waals surface area contributed by atoms with E-state index in [4.69, 9.17) is 22.4 Å². The zero-order valence-electron chi connectivity index (χ0n) is 8.88. The topological polar surface area (TPSA) is 94.0 Å². The summed E-state index contributed by atoms with van der Waals surface area (Å²) in [5.41, 5.74) is 6.62. The van der Waals surface area contributed by atoms with E-state index in [1.165, 1.54) is 16.9 Å². The summed E-state index contributed by atoms with van der Waals surface area (Å²) in [4.78, 5) is 14.7. The van der Waals surface area contributed by atoms with Gasteiger partial charge in [0.25, 0.3) is 0 Å². The van der Waals surface area contributed by atoms with Crippen molar-refractivity contribution in [2.24, 2.45) is 0 Å². The van der Waals surface area contributed by atoms with Crippen LogP contribution < -0.4 is 5.73 Å². The number of carboxylic acids is 1. The molecule has 0 saturated carbocycles.